The van der Waals surface area contributed by atoms with Gasteiger partial charge >= 0.3 is 5.97 Å². The Hall–Kier alpha value is -2.18. The molecule has 2 unspecified atom stereocenters. The summed E-state index contributed by atoms with van der Waals surface area (Å²) in [4.78, 5) is 46.5. The molecule has 7 nitrogen and oxygen atoms in total. The van der Waals surface area contributed by atoms with Gasteiger partial charge in [-0.1, -0.05) is 12.8 Å². The number of nitrogens with zero attached hydrogens (tertiary/aromatic N) is 1. The molecule has 21 heavy (non-hydrogen) atoms. The molecule has 0 aromatic rings. The third-order valence-electron chi connectivity index (χ3n) is 3.83. The van der Waals surface area contributed by atoms with E-state index in [2.05, 4.69) is 0 Å². The van der Waals surface area contributed by atoms with E-state index in [9.17, 15) is 24.3 Å². The number of ether oxygens (including phenoxy) is 1. The van der Waals surface area contributed by atoms with Crippen LogP contribution in [0.15, 0.2) is 12.2 Å². The first-order valence-electron chi connectivity index (χ1n) is 6.91. The minimum Gasteiger partial charge on any atom is -0.550 e. The molecule has 0 aromatic carbocycles. The van der Waals surface area contributed by atoms with Crippen molar-refractivity contribution in [2.45, 2.75) is 25.7 Å². The van der Waals surface area contributed by atoms with Crippen LogP contribution in [0.3, 0.4) is 0 Å². The van der Waals surface area contributed by atoms with E-state index < -0.39 is 35.6 Å². The van der Waals surface area contributed by atoms with Gasteiger partial charge in [0, 0.05) is 24.0 Å². The molecule has 7 heteroatoms. The van der Waals surface area contributed by atoms with Gasteiger partial charge in [0.2, 0.25) is 0 Å². The van der Waals surface area contributed by atoms with Gasteiger partial charge in [-0.25, -0.2) is 0 Å². The van der Waals surface area contributed by atoms with E-state index in [4.69, 9.17) is 4.74 Å². The predicted molar refractivity (Wildman–Crippen MR) is 67.3 cm³/mol. The SMILES string of the molecule is O=C([O-])C1CCCCC1C(=O)OCCN1C(=O)C=CC1=O. The summed E-state index contributed by atoms with van der Waals surface area (Å²) in [5.41, 5.74) is 0. The summed E-state index contributed by atoms with van der Waals surface area (Å²) in [5.74, 6) is -4.24. The lowest BCUT2D eigenvalue weighted by Crippen LogP contribution is -2.42. The van der Waals surface area contributed by atoms with Crippen LogP contribution in [0.1, 0.15) is 25.7 Å². The van der Waals surface area contributed by atoms with E-state index in [1.807, 2.05) is 0 Å². The van der Waals surface area contributed by atoms with Crippen molar-refractivity contribution in [3.05, 3.63) is 12.2 Å². The highest BCUT2D eigenvalue weighted by Gasteiger charge is 2.33. The van der Waals surface area contributed by atoms with Crippen molar-refractivity contribution in [1.82, 2.24) is 4.90 Å². The normalized spacial score (nSPS) is 25.2. The quantitative estimate of drug-likeness (QED) is 0.476. The maximum Gasteiger partial charge on any atom is 0.309 e. The van der Waals surface area contributed by atoms with Crippen molar-refractivity contribution >= 4 is 23.8 Å². The predicted octanol–water partition coefficient (Wildman–Crippen LogP) is -0.989. The van der Waals surface area contributed by atoms with Crippen LogP contribution < -0.4 is 5.11 Å². The number of amides is 2. The lowest BCUT2D eigenvalue weighted by atomic mass is 9.79. The standard InChI is InChI=1S/C14H17NO6/c16-11-5-6-12(17)15(11)7-8-21-14(20)10-4-2-1-3-9(10)13(18)19/h5-6,9-10H,1-4,7-8H2,(H,18,19)/p-1. The minimum atomic E-state index is -1.23. The number of carboxylic acid groups (broad SMARTS) is 1. The molecule has 1 aliphatic heterocycles. The van der Waals surface area contributed by atoms with Crippen LogP contribution in [0, 0.1) is 11.8 Å². The number of hydrogen-bond donors (Lipinski definition) is 0. The van der Waals surface area contributed by atoms with Gasteiger partial charge in [-0.3, -0.25) is 19.3 Å². The van der Waals surface area contributed by atoms with Gasteiger partial charge in [0.1, 0.15) is 6.61 Å². The van der Waals surface area contributed by atoms with E-state index in [-0.39, 0.29) is 13.2 Å². The summed E-state index contributed by atoms with van der Waals surface area (Å²) in [7, 11) is 0. The van der Waals surface area contributed by atoms with Crippen molar-refractivity contribution < 1.29 is 29.0 Å². The first-order valence-corrected chi connectivity index (χ1v) is 6.91. The molecule has 1 saturated carbocycles. The Morgan fingerprint density at radius 1 is 1.14 bits per heavy atom. The number of imide groups is 1. The lowest BCUT2D eigenvalue weighted by molar-refractivity contribution is -0.314. The van der Waals surface area contributed by atoms with Crippen LogP contribution in [-0.2, 0) is 23.9 Å². The molecule has 1 heterocycles. The van der Waals surface area contributed by atoms with E-state index in [0.717, 1.165) is 29.9 Å². The summed E-state index contributed by atoms with van der Waals surface area (Å²) in [5, 5.41) is 11.0. The number of hydrogen-bond acceptors (Lipinski definition) is 6. The van der Waals surface area contributed by atoms with Gasteiger partial charge < -0.3 is 14.6 Å². The maximum atomic E-state index is 11.9. The fourth-order valence-electron chi connectivity index (χ4n) is 2.69. The summed E-state index contributed by atoms with van der Waals surface area (Å²) in [6.45, 7) is -0.159. The average Bonchev–Trinajstić information content (AvgIpc) is 2.78. The zero-order valence-electron chi connectivity index (χ0n) is 11.4. The van der Waals surface area contributed by atoms with E-state index in [1.54, 1.807) is 0 Å². The lowest BCUT2D eigenvalue weighted by Gasteiger charge is -2.30. The molecule has 1 fully saturated rings. The summed E-state index contributed by atoms with van der Waals surface area (Å²) >= 11 is 0. The van der Waals surface area contributed by atoms with Gasteiger partial charge in [-0.2, -0.15) is 0 Å². The Morgan fingerprint density at radius 2 is 1.71 bits per heavy atom. The largest absolute Gasteiger partial charge is 0.550 e. The molecule has 0 spiro atoms. The Bertz CT molecular complexity index is 480. The second kappa shape index (κ2) is 6.51. The Morgan fingerprint density at radius 3 is 2.29 bits per heavy atom. The van der Waals surface area contributed by atoms with Crippen molar-refractivity contribution in [3.8, 4) is 0 Å². The number of aliphatic carboxylic acids is 1. The van der Waals surface area contributed by atoms with Crippen LogP contribution in [0.25, 0.3) is 0 Å². The molecular formula is C14H16NO6-. The molecule has 0 saturated heterocycles. The van der Waals surface area contributed by atoms with Gasteiger partial charge in [-0.05, 0) is 12.8 Å². The summed E-state index contributed by atoms with van der Waals surface area (Å²) in [6.07, 6.45) is 4.70. The topological polar surface area (TPSA) is 104 Å². The highest BCUT2D eigenvalue weighted by atomic mass is 16.5. The van der Waals surface area contributed by atoms with Gasteiger partial charge in [0.25, 0.3) is 11.8 Å². The monoisotopic (exact) mass is 294 g/mol. The number of esters is 1. The fraction of sp³-hybridized carbons (Fsp3) is 0.571. The smallest absolute Gasteiger partial charge is 0.309 e. The van der Waals surface area contributed by atoms with Crippen LogP contribution in [0.4, 0.5) is 0 Å². The molecular weight excluding hydrogens is 278 g/mol. The molecule has 2 atom stereocenters. The zero-order valence-corrected chi connectivity index (χ0v) is 11.4. The van der Waals surface area contributed by atoms with E-state index in [0.29, 0.717) is 12.8 Å². The maximum absolute atomic E-state index is 11.9. The van der Waals surface area contributed by atoms with E-state index in [1.165, 1.54) is 0 Å². The minimum absolute atomic E-state index is 0.0287. The van der Waals surface area contributed by atoms with Crippen LogP contribution in [0.2, 0.25) is 0 Å². The van der Waals surface area contributed by atoms with Crippen molar-refractivity contribution in [1.29, 1.82) is 0 Å². The molecule has 2 amide bonds. The Labute approximate surface area is 121 Å². The number of rotatable bonds is 5. The highest BCUT2D eigenvalue weighted by Crippen LogP contribution is 2.30. The Kier molecular flexibility index (Phi) is 4.72. The molecule has 0 aromatic heterocycles. The van der Waals surface area contributed by atoms with Gasteiger partial charge in [0.05, 0.1) is 12.5 Å². The number of carboxylic acids is 1. The van der Waals surface area contributed by atoms with E-state index >= 15 is 0 Å². The third-order valence-corrected chi connectivity index (χ3v) is 3.83. The second-order valence-electron chi connectivity index (χ2n) is 5.15. The highest BCUT2D eigenvalue weighted by molar-refractivity contribution is 6.12. The Balaban J connectivity index is 1.82. The summed E-state index contributed by atoms with van der Waals surface area (Å²) in [6, 6.07) is 0. The zero-order chi connectivity index (χ0) is 15.4. The molecule has 1 aliphatic carbocycles. The van der Waals surface area contributed by atoms with Crippen molar-refractivity contribution in [2.24, 2.45) is 11.8 Å². The molecule has 0 N–H and O–H groups in total. The average molecular weight is 294 g/mol. The van der Waals surface area contributed by atoms with Crippen molar-refractivity contribution in [2.75, 3.05) is 13.2 Å². The first-order chi connectivity index (χ1) is 10.0. The molecule has 2 rings (SSSR count). The second-order valence-corrected chi connectivity index (χ2v) is 5.15. The molecule has 0 radical (unpaired) electrons. The molecule has 0 bridgehead atoms. The first kappa shape index (κ1) is 15.2. The third kappa shape index (κ3) is 3.48. The van der Waals surface area contributed by atoms with Gasteiger partial charge in [-0.15, -0.1) is 0 Å². The van der Waals surface area contributed by atoms with Gasteiger partial charge in [0.15, 0.2) is 0 Å². The fourth-order valence-corrected chi connectivity index (χ4v) is 2.69. The number of carbonyl (C=O) groups is 4. The van der Waals surface area contributed by atoms with Crippen LogP contribution in [0.5, 0.6) is 0 Å². The molecule has 114 valence electrons. The summed E-state index contributed by atoms with van der Waals surface area (Å²) < 4.78 is 5.02. The van der Waals surface area contributed by atoms with Crippen LogP contribution in [-0.4, -0.2) is 41.8 Å². The van der Waals surface area contributed by atoms with Crippen LogP contribution >= 0.6 is 0 Å². The molecule has 2 aliphatic rings. The number of carbonyl (C=O) groups excluding carboxylic acids is 4. The van der Waals surface area contributed by atoms with Crippen molar-refractivity contribution in [3.63, 3.8) is 0 Å².